The van der Waals surface area contributed by atoms with E-state index in [4.69, 9.17) is 21.3 Å². The minimum Gasteiger partial charge on any atom is -0.458 e. The number of fused-ring (bicyclic) bond motifs is 5. The van der Waals surface area contributed by atoms with Crippen LogP contribution in [-0.2, 0) is 29.1 Å². The lowest BCUT2D eigenvalue weighted by Gasteiger charge is -2.21. The molecule has 0 aliphatic carbocycles. The third-order valence-electron chi connectivity index (χ3n) is 5.39. The fourth-order valence-corrected chi connectivity index (χ4v) is 4.26. The molecule has 5 rings (SSSR count). The predicted octanol–water partition coefficient (Wildman–Crippen LogP) is 2.73. The third-order valence-corrected chi connectivity index (χ3v) is 5.62. The average molecular weight is 383 g/mol. The fourth-order valence-electron chi connectivity index (χ4n) is 4.08. The number of hydrogen-bond acceptors (Lipinski definition) is 5. The van der Waals surface area contributed by atoms with Crippen LogP contribution in [0, 0.1) is 0 Å². The standard InChI is InChI=1S/C20H15ClN2O4/c1-2-10-11-5-9(21)3-4-15(11)22-17-13(10)7-23-16(17)6-12-14(19(23)25)8-27-20(26)18(12)24/h3-6,18,24H,2,7-8H2,1H3. The fraction of sp³-hybridized carbons (Fsp3) is 0.250. The average Bonchev–Trinajstić information content (AvgIpc) is 3.02. The normalized spacial score (nSPS) is 17.4. The molecule has 1 unspecified atom stereocenters. The number of carbonyl (C=O) groups excluding carboxylic acids is 1. The second-order valence-electron chi connectivity index (χ2n) is 6.80. The maximum absolute atomic E-state index is 13.0. The second kappa shape index (κ2) is 5.65. The molecule has 6 nitrogen and oxygen atoms in total. The zero-order valence-electron chi connectivity index (χ0n) is 14.5. The molecule has 0 bridgehead atoms. The summed E-state index contributed by atoms with van der Waals surface area (Å²) in [6.45, 7) is 2.34. The number of benzene rings is 1. The Morgan fingerprint density at radius 3 is 2.89 bits per heavy atom. The molecule has 1 aromatic carbocycles. The molecule has 0 amide bonds. The van der Waals surface area contributed by atoms with Crippen LogP contribution in [0.1, 0.15) is 35.3 Å². The first-order valence-corrected chi connectivity index (χ1v) is 9.10. The van der Waals surface area contributed by atoms with Gasteiger partial charge >= 0.3 is 5.97 Å². The van der Waals surface area contributed by atoms with Crippen molar-refractivity contribution in [2.75, 3.05) is 0 Å². The van der Waals surface area contributed by atoms with Gasteiger partial charge in [-0.15, -0.1) is 0 Å². The van der Waals surface area contributed by atoms with Crippen LogP contribution >= 0.6 is 11.6 Å². The van der Waals surface area contributed by atoms with Crippen LogP contribution in [0.4, 0.5) is 0 Å². The SMILES string of the molecule is CCc1c2c(nc3ccc(Cl)cc13)-c1cc3c(c(=O)n1C2)COC(=O)C3O. The van der Waals surface area contributed by atoms with Crippen LogP contribution in [0.2, 0.25) is 5.02 Å². The van der Waals surface area contributed by atoms with Gasteiger partial charge in [0, 0.05) is 21.5 Å². The molecule has 0 spiro atoms. The van der Waals surface area contributed by atoms with Crippen molar-refractivity contribution in [3.63, 3.8) is 0 Å². The Morgan fingerprint density at radius 2 is 2.11 bits per heavy atom. The molecule has 4 heterocycles. The molecule has 3 aromatic rings. The molecule has 136 valence electrons. The summed E-state index contributed by atoms with van der Waals surface area (Å²) in [7, 11) is 0. The molecule has 0 saturated heterocycles. The van der Waals surface area contributed by atoms with E-state index in [1.54, 1.807) is 16.7 Å². The first kappa shape index (κ1) is 16.5. The maximum Gasteiger partial charge on any atom is 0.340 e. The van der Waals surface area contributed by atoms with Crippen molar-refractivity contribution in [3.8, 4) is 11.4 Å². The van der Waals surface area contributed by atoms with E-state index in [9.17, 15) is 14.7 Å². The Morgan fingerprint density at radius 1 is 1.30 bits per heavy atom. The number of halogens is 1. The Bertz CT molecular complexity index is 1220. The molecule has 7 heteroatoms. The number of cyclic esters (lactones) is 1. The second-order valence-corrected chi connectivity index (χ2v) is 7.23. The van der Waals surface area contributed by atoms with Crippen molar-refractivity contribution in [2.24, 2.45) is 0 Å². The van der Waals surface area contributed by atoms with Gasteiger partial charge in [0.05, 0.1) is 29.0 Å². The summed E-state index contributed by atoms with van der Waals surface area (Å²) >= 11 is 6.17. The summed E-state index contributed by atoms with van der Waals surface area (Å²) in [6, 6.07) is 7.25. The van der Waals surface area contributed by atoms with Gasteiger partial charge in [0.1, 0.15) is 6.61 Å². The summed E-state index contributed by atoms with van der Waals surface area (Å²) in [5.41, 5.74) is 4.60. The van der Waals surface area contributed by atoms with Crippen molar-refractivity contribution < 1.29 is 14.6 Å². The van der Waals surface area contributed by atoms with Gasteiger partial charge in [0.15, 0.2) is 6.10 Å². The highest BCUT2D eigenvalue weighted by molar-refractivity contribution is 6.31. The van der Waals surface area contributed by atoms with E-state index in [-0.39, 0.29) is 12.2 Å². The molecule has 2 aliphatic rings. The van der Waals surface area contributed by atoms with Crippen LogP contribution in [0.5, 0.6) is 0 Å². The van der Waals surface area contributed by atoms with Gasteiger partial charge in [-0.1, -0.05) is 18.5 Å². The number of aliphatic hydroxyl groups is 1. The molecule has 0 radical (unpaired) electrons. The number of carbonyl (C=O) groups is 1. The minimum atomic E-state index is -1.44. The van der Waals surface area contributed by atoms with Crippen LogP contribution in [-0.4, -0.2) is 20.6 Å². The number of aliphatic hydroxyl groups excluding tert-OH is 1. The largest absolute Gasteiger partial charge is 0.458 e. The highest BCUT2D eigenvalue weighted by atomic mass is 35.5. The van der Waals surface area contributed by atoms with Crippen LogP contribution in [0.15, 0.2) is 29.1 Å². The Kier molecular flexibility index (Phi) is 3.44. The van der Waals surface area contributed by atoms with E-state index in [2.05, 4.69) is 6.92 Å². The molecular weight excluding hydrogens is 368 g/mol. The number of aromatic nitrogens is 2. The van der Waals surface area contributed by atoms with Crippen LogP contribution in [0.25, 0.3) is 22.3 Å². The molecular formula is C20H15ClN2O4. The molecule has 1 N–H and O–H groups in total. The van der Waals surface area contributed by atoms with Crippen molar-refractivity contribution in [1.82, 2.24) is 9.55 Å². The topological polar surface area (TPSA) is 81.4 Å². The number of esters is 1. The Labute approximate surface area is 159 Å². The predicted molar refractivity (Wildman–Crippen MR) is 99.7 cm³/mol. The van der Waals surface area contributed by atoms with Gasteiger partial charge in [-0.2, -0.15) is 0 Å². The molecule has 0 saturated carbocycles. The number of ether oxygens (including phenoxy) is 1. The first-order valence-electron chi connectivity index (χ1n) is 8.72. The van der Waals surface area contributed by atoms with E-state index >= 15 is 0 Å². The Balaban J connectivity index is 1.83. The summed E-state index contributed by atoms with van der Waals surface area (Å²) in [6.07, 6.45) is -0.671. The highest BCUT2D eigenvalue weighted by Gasteiger charge is 2.34. The van der Waals surface area contributed by atoms with E-state index in [0.717, 1.165) is 28.5 Å². The lowest BCUT2D eigenvalue weighted by molar-refractivity contribution is -0.157. The van der Waals surface area contributed by atoms with Crippen LogP contribution < -0.4 is 5.56 Å². The summed E-state index contributed by atoms with van der Waals surface area (Å²) in [5.74, 6) is -0.736. The number of aryl methyl sites for hydroxylation is 1. The quantitative estimate of drug-likeness (QED) is 0.512. The lowest BCUT2D eigenvalue weighted by atomic mass is 9.97. The molecule has 2 aliphatic heterocycles. The van der Waals surface area contributed by atoms with Gasteiger partial charge in [0.2, 0.25) is 0 Å². The van der Waals surface area contributed by atoms with E-state index in [0.29, 0.717) is 34.1 Å². The minimum absolute atomic E-state index is 0.119. The number of nitrogens with zero attached hydrogens (tertiary/aromatic N) is 2. The maximum atomic E-state index is 13.0. The van der Waals surface area contributed by atoms with Crippen molar-refractivity contribution in [2.45, 2.75) is 32.6 Å². The number of hydrogen-bond donors (Lipinski definition) is 1. The molecule has 1 atom stereocenters. The lowest BCUT2D eigenvalue weighted by Crippen LogP contribution is -2.32. The third kappa shape index (κ3) is 2.20. The number of rotatable bonds is 1. The number of pyridine rings is 2. The summed E-state index contributed by atoms with van der Waals surface area (Å²) in [4.78, 5) is 29.5. The van der Waals surface area contributed by atoms with Gasteiger partial charge in [0.25, 0.3) is 5.56 Å². The highest BCUT2D eigenvalue weighted by Crippen LogP contribution is 2.38. The summed E-state index contributed by atoms with van der Waals surface area (Å²) in [5, 5.41) is 11.8. The molecule has 2 aromatic heterocycles. The van der Waals surface area contributed by atoms with Gasteiger partial charge in [-0.05, 0) is 36.2 Å². The van der Waals surface area contributed by atoms with E-state index in [1.807, 2.05) is 12.1 Å². The van der Waals surface area contributed by atoms with E-state index in [1.165, 1.54) is 0 Å². The molecule has 27 heavy (non-hydrogen) atoms. The van der Waals surface area contributed by atoms with Gasteiger partial charge in [-0.25, -0.2) is 9.78 Å². The summed E-state index contributed by atoms with van der Waals surface area (Å²) < 4.78 is 6.56. The first-order chi connectivity index (χ1) is 13.0. The van der Waals surface area contributed by atoms with Gasteiger partial charge in [-0.3, -0.25) is 4.79 Å². The zero-order valence-corrected chi connectivity index (χ0v) is 15.2. The monoisotopic (exact) mass is 382 g/mol. The van der Waals surface area contributed by atoms with Crippen molar-refractivity contribution >= 4 is 28.5 Å². The van der Waals surface area contributed by atoms with Gasteiger partial charge < -0.3 is 14.4 Å². The Hall–Kier alpha value is -2.70. The van der Waals surface area contributed by atoms with Crippen molar-refractivity contribution in [1.29, 1.82) is 0 Å². The zero-order chi connectivity index (χ0) is 18.9. The smallest absolute Gasteiger partial charge is 0.340 e. The van der Waals surface area contributed by atoms with E-state index < -0.39 is 12.1 Å². The van der Waals surface area contributed by atoms with Crippen LogP contribution in [0.3, 0.4) is 0 Å². The molecule has 0 fully saturated rings. The van der Waals surface area contributed by atoms with Crippen molar-refractivity contribution in [3.05, 3.63) is 61.9 Å².